The number of aryl methyl sites for hydroxylation is 2. The number of nitrogens with two attached hydrogens (primary N) is 1. The van der Waals surface area contributed by atoms with Crippen LogP contribution in [0.4, 0.5) is 0 Å². The molecule has 0 atom stereocenters. The quantitative estimate of drug-likeness (QED) is 0.298. The van der Waals surface area contributed by atoms with Gasteiger partial charge >= 0.3 is 0 Å². The summed E-state index contributed by atoms with van der Waals surface area (Å²) in [4.78, 5) is 0. The van der Waals surface area contributed by atoms with Crippen molar-refractivity contribution in [2.75, 3.05) is 6.67 Å². The van der Waals surface area contributed by atoms with Gasteiger partial charge in [0.15, 0.2) is 0 Å². The second kappa shape index (κ2) is 5.26. The van der Waals surface area contributed by atoms with Gasteiger partial charge in [-0.05, 0) is 42.4 Å². The largest absolute Gasteiger partial charge is 0.299 e. The van der Waals surface area contributed by atoms with Crippen molar-refractivity contribution in [2.24, 2.45) is 5.84 Å². The predicted molar refractivity (Wildman–Crippen MR) is 62.1 cm³/mol. The predicted octanol–water partition coefficient (Wildman–Crippen LogP) is 1.08. The van der Waals surface area contributed by atoms with Gasteiger partial charge < -0.3 is 0 Å². The van der Waals surface area contributed by atoms with Crippen molar-refractivity contribution < 1.29 is 0 Å². The van der Waals surface area contributed by atoms with E-state index in [1.165, 1.54) is 31.2 Å². The first-order valence-corrected chi connectivity index (χ1v) is 5.65. The molecule has 0 fully saturated rings. The van der Waals surface area contributed by atoms with Crippen molar-refractivity contribution in [3.63, 3.8) is 0 Å². The highest BCUT2D eigenvalue weighted by Crippen LogP contribution is 2.21. The van der Waals surface area contributed by atoms with E-state index in [1.54, 1.807) is 11.1 Å². The number of rotatable bonds is 4. The van der Waals surface area contributed by atoms with Gasteiger partial charge in [0.05, 0.1) is 6.67 Å². The number of hydrogen-bond donors (Lipinski definition) is 3. The second-order valence-corrected chi connectivity index (χ2v) is 4.12. The average Bonchev–Trinajstić information content (AvgIpc) is 2.29. The summed E-state index contributed by atoms with van der Waals surface area (Å²) in [5.74, 6) is 5.19. The van der Waals surface area contributed by atoms with Crippen LogP contribution in [0.1, 0.15) is 29.5 Å². The van der Waals surface area contributed by atoms with Gasteiger partial charge in [-0.15, -0.1) is 0 Å². The molecule has 0 amide bonds. The zero-order chi connectivity index (χ0) is 10.5. The molecular weight excluding hydrogens is 186 g/mol. The molecule has 0 spiro atoms. The van der Waals surface area contributed by atoms with Crippen LogP contribution in [0.15, 0.2) is 18.2 Å². The molecule has 0 radical (unpaired) electrons. The Morgan fingerprint density at radius 1 is 1.13 bits per heavy atom. The third-order valence-electron chi connectivity index (χ3n) is 2.97. The van der Waals surface area contributed by atoms with Crippen LogP contribution < -0.4 is 16.6 Å². The summed E-state index contributed by atoms with van der Waals surface area (Å²) in [5, 5.41) is 3.22. The molecule has 2 rings (SSSR count). The Balaban J connectivity index is 2.00. The van der Waals surface area contributed by atoms with Crippen molar-refractivity contribution in [1.29, 1.82) is 0 Å². The topological polar surface area (TPSA) is 50.1 Å². The first kappa shape index (κ1) is 10.6. The Kier molecular flexibility index (Phi) is 3.72. The molecule has 1 aromatic carbocycles. The highest BCUT2D eigenvalue weighted by Gasteiger charge is 2.08. The van der Waals surface area contributed by atoms with Crippen LogP contribution in [-0.4, -0.2) is 6.67 Å². The molecule has 0 aliphatic heterocycles. The maximum absolute atomic E-state index is 5.19. The first-order chi connectivity index (χ1) is 7.40. The van der Waals surface area contributed by atoms with Crippen LogP contribution in [0.2, 0.25) is 0 Å². The summed E-state index contributed by atoms with van der Waals surface area (Å²) in [6, 6.07) is 6.83. The molecule has 1 aromatic rings. The fraction of sp³-hybridized carbons (Fsp3) is 0.500. The number of fused-ring (bicyclic) bond motifs is 1. The summed E-state index contributed by atoms with van der Waals surface area (Å²) in [7, 11) is 0. The van der Waals surface area contributed by atoms with E-state index in [4.69, 9.17) is 5.84 Å². The lowest BCUT2D eigenvalue weighted by molar-refractivity contribution is 0.599. The van der Waals surface area contributed by atoms with Crippen LogP contribution in [0, 0.1) is 0 Å². The SMILES string of the molecule is NNCNCc1ccc2c(c1)CCCC2. The van der Waals surface area contributed by atoms with Crippen molar-refractivity contribution in [1.82, 2.24) is 10.7 Å². The third kappa shape index (κ3) is 2.78. The van der Waals surface area contributed by atoms with Gasteiger partial charge in [0.2, 0.25) is 0 Å². The molecule has 4 N–H and O–H groups in total. The molecule has 0 saturated heterocycles. The van der Waals surface area contributed by atoms with Gasteiger partial charge in [0.25, 0.3) is 0 Å². The lowest BCUT2D eigenvalue weighted by atomic mass is 9.90. The van der Waals surface area contributed by atoms with Crippen LogP contribution >= 0.6 is 0 Å². The molecule has 0 saturated carbocycles. The smallest absolute Gasteiger partial charge is 0.0590 e. The first-order valence-electron chi connectivity index (χ1n) is 5.65. The van der Waals surface area contributed by atoms with E-state index in [9.17, 15) is 0 Å². The van der Waals surface area contributed by atoms with Crippen molar-refractivity contribution >= 4 is 0 Å². The molecule has 1 aliphatic rings. The minimum atomic E-state index is 0.650. The van der Waals surface area contributed by atoms with Gasteiger partial charge in [-0.3, -0.25) is 11.2 Å². The van der Waals surface area contributed by atoms with Crippen LogP contribution in [-0.2, 0) is 19.4 Å². The normalized spacial score (nSPS) is 15.0. The summed E-state index contributed by atoms with van der Waals surface area (Å²) in [6.07, 6.45) is 5.20. The van der Waals surface area contributed by atoms with Crippen molar-refractivity contribution in [3.05, 3.63) is 34.9 Å². The molecule has 0 bridgehead atoms. The summed E-state index contributed by atoms with van der Waals surface area (Å²) in [6.45, 7) is 1.54. The van der Waals surface area contributed by atoms with Crippen LogP contribution in [0.3, 0.4) is 0 Å². The fourth-order valence-corrected chi connectivity index (χ4v) is 2.18. The van der Waals surface area contributed by atoms with E-state index >= 15 is 0 Å². The summed E-state index contributed by atoms with van der Waals surface area (Å²) in [5.41, 5.74) is 7.03. The second-order valence-electron chi connectivity index (χ2n) is 4.12. The Hall–Kier alpha value is -0.900. The Bertz CT molecular complexity index is 323. The maximum Gasteiger partial charge on any atom is 0.0590 e. The highest BCUT2D eigenvalue weighted by molar-refractivity contribution is 5.33. The number of benzene rings is 1. The lowest BCUT2D eigenvalue weighted by Crippen LogP contribution is -2.33. The minimum absolute atomic E-state index is 0.650. The molecule has 3 heteroatoms. The monoisotopic (exact) mass is 205 g/mol. The van der Waals surface area contributed by atoms with Gasteiger partial charge in [-0.1, -0.05) is 18.2 Å². The average molecular weight is 205 g/mol. The van der Waals surface area contributed by atoms with E-state index in [0.717, 1.165) is 6.54 Å². The Morgan fingerprint density at radius 2 is 1.93 bits per heavy atom. The van der Waals surface area contributed by atoms with Gasteiger partial charge in [0.1, 0.15) is 0 Å². The minimum Gasteiger partial charge on any atom is -0.299 e. The van der Waals surface area contributed by atoms with Crippen molar-refractivity contribution in [2.45, 2.75) is 32.2 Å². The zero-order valence-corrected chi connectivity index (χ0v) is 9.05. The molecule has 0 heterocycles. The Labute approximate surface area is 91.0 Å². The molecule has 3 nitrogen and oxygen atoms in total. The van der Waals surface area contributed by atoms with Gasteiger partial charge in [-0.25, -0.2) is 5.43 Å². The van der Waals surface area contributed by atoms with E-state index in [0.29, 0.717) is 6.67 Å². The Morgan fingerprint density at radius 3 is 2.73 bits per heavy atom. The molecule has 1 aliphatic carbocycles. The molecule has 15 heavy (non-hydrogen) atoms. The van der Waals surface area contributed by atoms with Crippen LogP contribution in [0.25, 0.3) is 0 Å². The third-order valence-corrected chi connectivity index (χ3v) is 2.97. The highest BCUT2D eigenvalue weighted by atomic mass is 15.3. The molecular formula is C12H19N3. The van der Waals surface area contributed by atoms with E-state index in [-0.39, 0.29) is 0 Å². The molecule has 0 unspecified atom stereocenters. The van der Waals surface area contributed by atoms with E-state index in [2.05, 4.69) is 28.9 Å². The number of nitrogens with one attached hydrogen (secondary N) is 2. The van der Waals surface area contributed by atoms with Crippen molar-refractivity contribution in [3.8, 4) is 0 Å². The molecule has 82 valence electrons. The van der Waals surface area contributed by atoms with Crippen LogP contribution in [0.5, 0.6) is 0 Å². The van der Waals surface area contributed by atoms with Gasteiger partial charge in [0, 0.05) is 6.54 Å². The zero-order valence-electron chi connectivity index (χ0n) is 9.05. The maximum atomic E-state index is 5.19. The fourth-order valence-electron chi connectivity index (χ4n) is 2.18. The standard InChI is InChI=1S/C12H19N3/c13-15-9-14-8-10-5-6-11-3-1-2-4-12(11)7-10/h5-7,14-15H,1-4,8-9,13H2. The van der Waals surface area contributed by atoms with E-state index in [1.807, 2.05) is 0 Å². The summed E-state index contributed by atoms with van der Waals surface area (Å²) >= 11 is 0. The van der Waals surface area contributed by atoms with E-state index < -0.39 is 0 Å². The number of hydrazine groups is 1. The lowest BCUT2D eigenvalue weighted by Gasteiger charge is -2.16. The van der Waals surface area contributed by atoms with Gasteiger partial charge in [-0.2, -0.15) is 0 Å². The summed E-state index contributed by atoms with van der Waals surface area (Å²) < 4.78 is 0. The number of hydrogen-bond acceptors (Lipinski definition) is 3. The molecule has 0 aromatic heterocycles.